The number of hydrogen-bond acceptors (Lipinski definition) is 4. The minimum Gasteiger partial charge on any atom is -0.350 e. The molecule has 5 nitrogen and oxygen atoms in total. The van der Waals surface area contributed by atoms with E-state index >= 15 is 0 Å². The molecule has 0 unspecified atom stereocenters. The Morgan fingerprint density at radius 2 is 2.05 bits per heavy atom. The second-order valence-corrected chi connectivity index (χ2v) is 5.37. The van der Waals surface area contributed by atoms with Crippen molar-refractivity contribution in [2.24, 2.45) is 5.92 Å². The molecule has 1 aromatic heterocycles. The van der Waals surface area contributed by atoms with Crippen LogP contribution < -0.4 is 10.2 Å². The van der Waals surface area contributed by atoms with Crippen molar-refractivity contribution in [1.29, 1.82) is 0 Å². The minimum absolute atomic E-state index is 0.000914. The average molecular weight is 262 g/mol. The largest absolute Gasteiger partial charge is 0.350 e. The first-order valence-corrected chi connectivity index (χ1v) is 6.93. The molecule has 5 heteroatoms. The summed E-state index contributed by atoms with van der Waals surface area (Å²) >= 11 is 0. The second kappa shape index (κ2) is 5.99. The van der Waals surface area contributed by atoms with Crippen molar-refractivity contribution in [2.45, 2.75) is 40.2 Å². The Hall–Kier alpha value is -1.65. The Balaban J connectivity index is 2.06. The summed E-state index contributed by atoms with van der Waals surface area (Å²) in [6, 6.07) is 1.93. The van der Waals surface area contributed by atoms with Gasteiger partial charge in [0.1, 0.15) is 0 Å². The van der Waals surface area contributed by atoms with Gasteiger partial charge in [-0.1, -0.05) is 13.8 Å². The van der Waals surface area contributed by atoms with E-state index in [0.29, 0.717) is 6.54 Å². The van der Waals surface area contributed by atoms with Crippen LogP contribution >= 0.6 is 0 Å². The van der Waals surface area contributed by atoms with E-state index < -0.39 is 0 Å². The fourth-order valence-electron chi connectivity index (χ4n) is 2.15. The van der Waals surface area contributed by atoms with Crippen LogP contribution in [0.15, 0.2) is 6.07 Å². The number of amides is 1. The summed E-state index contributed by atoms with van der Waals surface area (Å²) in [7, 11) is 0. The van der Waals surface area contributed by atoms with Crippen molar-refractivity contribution in [3.63, 3.8) is 0 Å². The number of aromatic nitrogens is 2. The van der Waals surface area contributed by atoms with Crippen molar-refractivity contribution in [2.75, 3.05) is 18.0 Å². The maximum Gasteiger partial charge on any atom is 0.225 e. The number of nitrogens with zero attached hydrogens (tertiary/aromatic N) is 3. The summed E-state index contributed by atoms with van der Waals surface area (Å²) in [5.74, 6) is 0.853. The number of carbonyl (C=O) groups excluding carboxylic acids is 1. The van der Waals surface area contributed by atoms with Crippen LogP contribution in [0.5, 0.6) is 0 Å². The van der Waals surface area contributed by atoms with E-state index in [4.69, 9.17) is 0 Å². The lowest BCUT2D eigenvalue weighted by atomic mass is 10.2. The van der Waals surface area contributed by atoms with Crippen LogP contribution in [-0.2, 0) is 11.3 Å². The molecule has 1 aliphatic heterocycles. The van der Waals surface area contributed by atoms with E-state index in [1.54, 1.807) is 0 Å². The molecule has 0 spiro atoms. The van der Waals surface area contributed by atoms with Crippen molar-refractivity contribution in [3.8, 4) is 0 Å². The van der Waals surface area contributed by atoms with Crippen LogP contribution in [-0.4, -0.2) is 29.0 Å². The van der Waals surface area contributed by atoms with Gasteiger partial charge in [-0.15, -0.1) is 0 Å². The molecule has 1 aromatic rings. The molecular formula is C14H22N4O. The normalized spacial score (nSPS) is 15.1. The summed E-state index contributed by atoms with van der Waals surface area (Å²) in [6.45, 7) is 8.27. The molecule has 2 heterocycles. The van der Waals surface area contributed by atoms with Crippen LogP contribution in [0.1, 0.15) is 38.1 Å². The molecule has 1 saturated heterocycles. The zero-order chi connectivity index (χ0) is 13.8. The maximum atomic E-state index is 11.6. The molecule has 1 N–H and O–H groups in total. The summed E-state index contributed by atoms with van der Waals surface area (Å²) in [4.78, 5) is 22.8. The molecule has 1 fully saturated rings. The van der Waals surface area contributed by atoms with Gasteiger partial charge < -0.3 is 10.2 Å². The van der Waals surface area contributed by atoms with E-state index in [1.807, 2.05) is 26.8 Å². The number of nitrogens with one attached hydrogen (secondary N) is 1. The first-order chi connectivity index (χ1) is 9.06. The van der Waals surface area contributed by atoms with Gasteiger partial charge in [-0.25, -0.2) is 9.97 Å². The highest BCUT2D eigenvalue weighted by Gasteiger charge is 2.16. The molecule has 0 atom stereocenters. The topological polar surface area (TPSA) is 58.1 Å². The van der Waals surface area contributed by atoms with Crippen LogP contribution in [0.2, 0.25) is 0 Å². The van der Waals surface area contributed by atoms with Gasteiger partial charge >= 0.3 is 0 Å². The predicted octanol–water partition coefficient (Wildman–Crippen LogP) is 1.66. The quantitative estimate of drug-likeness (QED) is 0.896. The highest BCUT2D eigenvalue weighted by molar-refractivity contribution is 5.77. The molecule has 0 aliphatic carbocycles. The first-order valence-electron chi connectivity index (χ1n) is 6.93. The van der Waals surface area contributed by atoms with Crippen LogP contribution in [0, 0.1) is 12.8 Å². The van der Waals surface area contributed by atoms with Crippen LogP contribution in [0.25, 0.3) is 0 Å². The number of hydrogen-bond donors (Lipinski definition) is 1. The van der Waals surface area contributed by atoms with Gasteiger partial charge in [0.2, 0.25) is 11.9 Å². The lowest BCUT2D eigenvalue weighted by Crippen LogP contribution is -2.28. The third-order valence-electron chi connectivity index (χ3n) is 3.25. The Morgan fingerprint density at radius 3 is 2.68 bits per heavy atom. The predicted molar refractivity (Wildman–Crippen MR) is 74.9 cm³/mol. The van der Waals surface area contributed by atoms with Crippen LogP contribution in [0.4, 0.5) is 5.95 Å². The van der Waals surface area contributed by atoms with Gasteiger partial charge in [-0.2, -0.15) is 0 Å². The molecular weight excluding hydrogens is 240 g/mol. The molecule has 104 valence electrons. The first kappa shape index (κ1) is 13.8. The van der Waals surface area contributed by atoms with E-state index in [2.05, 4.69) is 20.2 Å². The summed E-state index contributed by atoms with van der Waals surface area (Å²) in [6.07, 6.45) is 2.41. The molecule has 0 radical (unpaired) electrons. The van der Waals surface area contributed by atoms with E-state index in [0.717, 1.165) is 30.4 Å². The molecule has 1 aliphatic rings. The Labute approximate surface area is 114 Å². The number of anilines is 1. The van der Waals surface area contributed by atoms with Crippen molar-refractivity contribution in [1.82, 2.24) is 15.3 Å². The van der Waals surface area contributed by atoms with Crippen molar-refractivity contribution < 1.29 is 4.79 Å². The molecule has 0 bridgehead atoms. The second-order valence-electron chi connectivity index (χ2n) is 5.37. The van der Waals surface area contributed by atoms with Crippen LogP contribution in [0.3, 0.4) is 0 Å². The van der Waals surface area contributed by atoms with E-state index in [-0.39, 0.29) is 11.8 Å². The fourth-order valence-corrected chi connectivity index (χ4v) is 2.15. The summed E-state index contributed by atoms with van der Waals surface area (Å²) in [5.41, 5.74) is 1.83. The Morgan fingerprint density at radius 1 is 1.37 bits per heavy atom. The Bertz CT molecular complexity index is 453. The van der Waals surface area contributed by atoms with Gasteiger partial charge in [-0.3, -0.25) is 4.79 Å². The monoisotopic (exact) mass is 262 g/mol. The van der Waals surface area contributed by atoms with E-state index in [9.17, 15) is 4.79 Å². The maximum absolute atomic E-state index is 11.6. The van der Waals surface area contributed by atoms with E-state index in [1.165, 1.54) is 12.8 Å². The van der Waals surface area contributed by atoms with Crippen molar-refractivity contribution in [3.05, 3.63) is 17.5 Å². The molecule has 0 aromatic carbocycles. The third kappa shape index (κ3) is 3.66. The van der Waals surface area contributed by atoms with Crippen molar-refractivity contribution >= 4 is 11.9 Å². The standard InChI is InChI=1S/C14H22N4O/c1-10(2)13(19)15-9-12-8-11(3)16-14(17-12)18-6-4-5-7-18/h8,10H,4-7,9H2,1-3H3,(H,15,19). The zero-order valence-corrected chi connectivity index (χ0v) is 11.9. The smallest absolute Gasteiger partial charge is 0.225 e. The highest BCUT2D eigenvalue weighted by atomic mass is 16.1. The zero-order valence-electron chi connectivity index (χ0n) is 11.9. The van der Waals surface area contributed by atoms with Gasteiger partial charge in [-0.05, 0) is 25.8 Å². The number of rotatable bonds is 4. The number of carbonyl (C=O) groups is 1. The Kier molecular flexibility index (Phi) is 4.35. The van der Waals surface area contributed by atoms with Gasteiger partial charge in [0.25, 0.3) is 0 Å². The highest BCUT2D eigenvalue weighted by Crippen LogP contribution is 2.16. The minimum atomic E-state index is 0.000914. The molecule has 1 amide bonds. The number of aryl methyl sites for hydroxylation is 1. The average Bonchev–Trinajstić information content (AvgIpc) is 2.89. The SMILES string of the molecule is Cc1cc(CNC(=O)C(C)C)nc(N2CCCC2)n1. The summed E-state index contributed by atoms with van der Waals surface area (Å²) in [5, 5.41) is 2.90. The molecule has 0 saturated carbocycles. The molecule has 19 heavy (non-hydrogen) atoms. The molecule has 2 rings (SSSR count). The van der Waals surface area contributed by atoms with Gasteiger partial charge in [0.15, 0.2) is 0 Å². The third-order valence-corrected chi connectivity index (χ3v) is 3.25. The lowest BCUT2D eigenvalue weighted by molar-refractivity contribution is -0.124. The summed E-state index contributed by atoms with van der Waals surface area (Å²) < 4.78 is 0. The van der Waals surface area contributed by atoms with Gasteiger partial charge in [0, 0.05) is 24.7 Å². The fraction of sp³-hybridized carbons (Fsp3) is 0.643. The van der Waals surface area contributed by atoms with Gasteiger partial charge in [0.05, 0.1) is 12.2 Å². The lowest BCUT2D eigenvalue weighted by Gasteiger charge is -2.16.